The summed E-state index contributed by atoms with van der Waals surface area (Å²) in [5.74, 6) is -0.486. The van der Waals surface area contributed by atoms with Crippen LogP contribution in [0.3, 0.4) is 0 Å². The molecule has 1 saturated carbocycles. The summed E-state index contributed by atoms with van der Waals surface area (Å²) in [6.07, 6.45) is 1.82. The molecule has 0 radical (unpaired) electrons. The molecule has 0 heterocycles. The van der Waals surface area contributed by atoms with E-state index >= 15 is 0 Å². The third kappa shape index (κ3) is 1.95. The largest absolute Gasteiger partial charge is 0.392 e. The Morgan fingerprint density at radius 1 is 1.67 bits per heavy atom. The molecule has 12 heavy (non-hydrogen) atoms. The van der Waals surface area contributed by atoms with Gasteiger partial charge in [-0.3, -0.25) is 4.79 Å². The van der Waals surface area contributed by atoms with E-state index in [9.17, 15) is 9.90 Å². The summed E-state index contributed by atoms with van der Waals surface area (Å²) >= 11 is 0. The number of carbonyl (C=O) groups excluding carboxylic acids is 1. The van der Waals surface area contributed by atoms with Gasteiger partial charge in [0.25, 0.3) is 0 Å². The molecule has 66 valence electrons. The number of hydrogen-bond donors (Lipinski definition) is 2. The molecule has 1 rings (SSSR count). The predicted octanol–water partition coefficient (Wildman–Crippen LogP) is -0.213. The van der Waals surface area contributed by atoms with Gasteiger partial charge in [0, 0.05) is 0 Å². The van der Waals surface area contributed by atoms with Crippen molar-refractivity contribution in [3.05, 3.63) is 0 Å². The Bertz CT molecular complexity index is 210. The summed E-state index contributed by atoms with van der Waals surface area (Å²) in [5.41, 5.74) is 0. The summed E-state index contributed by atoms with van der Waals surface area (Å²) in [7, 11) is 0. The first-order valence-electron chi connectivity index (χ1n) is 4.08. The summed E-state index contributed by atoms with van der Waals surface area (Å²) < 4.78 is 0. The van der Waals surface area contributed by atoms with E-state index in [0.29, 0.717) is 6.42 Å². The van der Waals surface area contributed by atoms with E-state index in [0.717, 1.165) is 12.8 Å². The second-order valence-corrected chi connectivity index (χ2v) is 2.98. The van der Waals surface area contributed by atoms with Gasteiger partial charge >= 0.3 is 0 Å². The number of nitrogens with one attached hydrogen (secondary N) is 1. The number of aliphatic hydroxyl groups excluding tert-OH is 1. The van der Waals surface area contributed by atoms with E-state index in [4.69, 9.17) is 5.26 Å². The van der Waals surface area contributed by atoms with Crippen molar-refractivity contribution in [2.45, 2.75) is 25.4 Å². The maximum atomic E-state index is 11.2. The highest BCUT2D eigenvalue weighted by atomic mass is 16.3. The van der Waals surface area contributed by atoms with Gasteiger partial charge in [0.1, 0.15) is 6.54 Å². The van der Waals surface area contributed by atoms with Crippen LogP contribution in [0.1, 0.15) is 19.3 Å². The van der Waals surface area contributed by atoms with Crippen molar-refractivity contribution in [2.75, 3.05) is 6.54 Å². The summed E-state index contributed by atoms with van der Waals surface area (Å²) in [4.78, 5) is 11.2. The van der Waals surface area contributed by atoms with Crippen LogP contribution in [0.5, 0.6) is 0 Å². The van der Waals surface area contributed by atoms with Crippen molar-refractivity contribution in [1.82, 2.24) is 5.32 Å². The Balaban J connectivity index is 2.37. The zero-order chi connectivity index (χ0) is 8.97. The number of aliphatic hydroxyl groups is 1. The summed E-state index contributed by atoms with van der Waals surface area (Å²) in [6.45, 7) is 0.0298. The van der Waals surface area contributed by atoms with Crippen LogP contribution in [0.4, 0.5) is 0 Å². The van der Waals surface area contributed by atoms with Crippen molar-refractivity contribution in [3.63, 3.8) is 0 Å². The SMILES string of the molecule is N#CCNC(=O)C1CCCC1O. The molecule has 0 spiro atoms. The van der Waals surface area contributed by atoms with E-state index < -0.39 is 6.10 Å². The van der Waals surface area contributed by atoms with Crippen LogP contribution in [0.2, 0.25) is 0 Å². The van der Waals surface area contributed by atoms with Crippen molar-refractivity contribution < 1.29 is 9.90 Å². The second-order valence-electron chi connectivity index (χ2n) is 2.98. The number of carbonyl (C=O) groups is 1. The first-order valence-corrected chi connectivity index (χ1v) is 4.08. The van der Waals surface area contributed by atoms with Gasteiger partial charge in [0.05, 0.1) is 18.1 Å². The molecule has 0 aromatic carbocycles. The monoisotopic (exact) mass is 168 g/mol. The number of rotatable bonds is 2. The minimum atomic E-state index is -0.510. The molecule has 0 aromatic heterocycles. The lowest BCUT2D eigenvalue weighted by atomic mass is 10.1. The van der Waals surface area contributed by atoms with Crippen molar-refractivity contribution in [2.24, 2.45) is 5.92 Å². The topological polar surface area (TPSA) is 73.1 Å². The van der Waals surface area contributed by atoms with Crippen molar-refractivity contribution >= 4 is 5.91 Å². The third-order valence-electron chi connectivity index (χ3n) is 2.16. The van der Waals surface area contributed by atoms with Crippen molar-refractivity contribution in [1.29, 1.82) is 5.26 Å². The Labute approximate surface area is 71.2 Å². The zero-order valence-electron chi connectivity index (χ0n) is 6.79. The molecule has 2 N–H and O–H groups in total. The molecule has 4 nitrogen and oxygen atoms in total. The number of hydrogen-bond acceptors (Lipinski definition) is 3. The Morgan fingerprint density at radius 2 is 2.42 bits per heavy atom. The van der Waals surface area contributed by atoms with Gasteiger partial charge in [-0.1, -0.05) is 0 Å². The standard InChI is InChI=1S/C8H12N2O2/c9-4-5-10-8(12)6-2-1-3-7(6)11/h6-7,11H,1-3,5H2,(H,10,12). The summed E-state index contributed by atoms with van der Waals surface area (Å²) in [5, 5.41) is 20.0. The highest BCUT2D eigenvalue weighted by Crippen LogP contribution is 2.25. The molecule has 1 aliphatic rings. The molecule has 1 fully saturated rings. The van der Waals surface area contributed by atoms with Crippen LogP contribution < -0.4 is 5.32 Å². The van der Waals surface area contributed by atoms with Gasteiger partial charge in [-0.2, -0.15) is 5.26 Å². The van der Waals surface area contributed by atoms with E-state index in [-0.39, 0.29) is 18.4 Å². The molecule has 0 saturated heterocycles. The maximum absolute atomic E-state index is 11.2. The molecule has 2 atom stereocenters. The zero-order valence-corrected chi connectivity index (χ0v) is 6.79. The number of nitriles is 1. The first kappa shape index (κ1) is 9.01. The Hall–Kier alpha value is -1.08. The highest BCUT2D eigenvalue weighted by molar-refractivity contribution is 5.79. The van der Waals surface area contributed by atoms with E-state index in [1.807, 2.05) is 6.07 Å². The minimum absolute atomic E-state index is 0.0298. The number of amides is 1. The molecule has 2 unspecified atom stereocenters. The fourth-order valence-electron chi connectivity index (χ4n) is 1.50. The van der Waals surface area contributed by atoms with Gasteiger partial charge in [0.15, 0.2) is 0 Å². The lowest BCUT2D eigenvalue weighted by molar-refractivity contribution is -0.127. The highest BCUT2D eigenvalue weighted by Gasteiger charge is 2.30. The van der Waals surface area contributed by atoms with E-state index in [2.05, 4.69) is 5.32 Å². The van der Waals surface area contributed by atoms with Crippen LogP contribution >= 0.6 is 0 Å². The van der Waals surface area contributed by atoms with Gasteiger partial charge in [-0.15, -0.1) is 0 Å². The molecule has 0 aliphatic heterocycles. The maximum Gasteiger partial charge on any atom is 0.226 e. The molecule has 1 aliphatic carbocycles. The number of nitrogens with zero attached hydrogens (tertiary/aromatic N) is 1. The minimum Gasteiger partial charge on any atom is -0.392 e. The summed E-state index contributed by atoms with van der Waals surface area (Å²) in [6, 6.07) is 1.82. The van der Waals surface area contributed by atoms with Gasteiger partial charge in [-0.25, -0.2) is 0 Å². The fraction of sp³-hybridized carbons (Fsp3) is 0.750. The van der Waals surface area contributed by atoms with Gasteiger partial charge < -0.3 is 10.4 Å². The van der Waals surface area contributed by atoms with Crippen LogP contribution in [0.25, 0.3) is 0 Å². The second kappa shape index (κ2) is 4.07. The van der Waals surface area contributed by atoms with Crippen LogP contribution in [0.15, 0.2) is 0 Å². The molecule has 4 heteroatoms. The molecule has 1 amide bonds. The first-order chi connectivity index (χ1) is 5.75. The molecular formula is C8H12N2O2. The van der Waals surface area contributed by atoms with E-state index in [1.54, 1.807) is 0 Å². The Kier molecular flexibility index (Phi) is 3.06. The normalized spacial score (nSPS) is 28.0. The van der Waals surface area contributed by atoms with Gasteiger partial charge in [0.2, 0.25) is 5.91 Å². The van der Waals surface area contributed by atoms with Crippen LogP contribution in [-0.4, -0.2) is 23.7 Å². The molecule has 0 bridgehead atoms. The molecule has 0 aromatic rings. The smallest absolute Gasteiger partial charge is 0.226 e. The Morgan fingerprint density at radius 3 is 2.92 bits per heavy atom. The van der Waals surface area contributed by atoms with Crippen LogP contribution in [0, 0.1) is 17.2 Å². The average Bonchev–Trinajstić information content (AvgIpc) is 2.47. The predicted molar refractivity (Wildman–Crippen MR) is 42.0 cm³/mol. The quantitative estimate of drug-likeness (QED) is 0.560. The average molecular weight is 168 g/mol. The lowest BCUT2D eigenvalue weighted by Gasteiger charge is -2.12. The fourth-order valence-corrected chi connectivity index (χ4v) is 1.50. The molecular weight excluding hydrogens is 156 g/mol. The van der Waals surface area contributed by atoms with Gasteiger partial charge in [-0.05, 0) is 19.3 Å². The van der Waals surface area contributed by atoms with E-state index in [1.165, 1.54) is 0 Å². The van der Waals surface area contributed by atoms with Crippen LogP contribution in [-0.2, 0) is 4.79 Å². The third-order valence-corrected chi connectivity index (χ3v) is 2.16. The lowest BCUT2D eigenvalue weighted by Crippen LogP contribution is -2.34. The van der Waals surface area contributed by atoms with Crippen molar-refractivity contribution in [3.8, 4) is 6.07 Å².